The maximum Gasteiger partial charge on any atom is 0.345 e. The van der Waals surface area contributed by atoms with Crippen LogP contribution in [0.25, 0.3) is 6.08 Å². The summed E-state index contributed by atoms with van der Waals surface area (Å²) in [7, 11) is 0. The third-order valence-electron chi connectivity index (χ3n) is 4.09. The van der Waals surface area contributed by atoms with Gasteiger partial charge >= 0.3 is 5.97 Å². The third kappa shape index (κ3) is 3.52. The highest BCUT2D eigenvalue weighted by Gasteiger charge is 2.28. The van der Waals surface area contributed by atoms with Crippen LogP contribution >= 0.6 is 11.6 Å². The Balaban J connectivity index is 1.57. The Bertz CT molecular complexity index is 1140. The topological polar surface area (TPSA) is 52.6 Å². The van der Waals surface area contributed by atoms with Gasteiger partial charge in [-0.2, -0.15) is 0 Å². The summed E-state index contributed by atoms with van der Waals surface area (Å²) in [5.41, 5.74) is 1.06. The Hall–Kier alpha value is -3.44. The van der Waals surface area contributed by atoms with Crippen LogP contribution in [0.5, 0.6) is 11.5 Å². The SMILES string of the molecule is O=C(Oc1ccc2c(c1)O/C(=C/c1cccc(F)c1)C2=O)c1ccccc1Cl. The minimum absolute atomic E-state index is 0.0650. The van der Waals surface area contributed by atoms with Crippen molar-refractivity contribution in [2.45, 2.75) is 0 Å². The average molecular weight is 395 g/mol. The van der Waals surface area contributed by atoms with Gasteiger partial charge in [-0.1, -0.05) is 35.9 Å². The molecule has 0 bridgehead atoms. The summed E-state index contributed by atoms with van der Waals surface area (Å²) >= 11 is 6.00. The van der Waals surface area contributed by atoms with Crippen LogP contribution in [0.4, 0.5) is 4.39 Å². The van der Waals surface area contributed by atoms with E-state index in [1.807, 2.05) is 0 Å². The number of ether oxygens (including phenoxy) is 2. The molecule has 0 spiro atoms. The molecule has 6 heteroatoms. The third-order valence-corrected chi connectivity index (χ3v) is 4.42. The second kappa shape index (κ2) is 7.29. The molecule has 0 N–H and O–H groups in total. The Morgan fingerprint density at radius 1 is 1.04 bits per heavy atom. The van der Waals surface area contributed by atoms with Gasteiger partial charge in [-0.25, -0.2) is 9.18 Å². The van der Waals surface area contributed by atoms with Crippen LogP contribution in [-0.2, 0) is 0 Å². The van der Waals surface area contributed by atoms with Crippen molar-refractivity contribution in [2.24, 2.45) is 0 Å². The Morgan fingerprint density at radius 2 is 1.86 bits per heavy atom. The zero-order valence-corrected chi connectivity index (χ0v) is 15.1. The highest BCUT2D eigenvalue weighted by Crippen LogP contribution is 2.35. The van der Waals surface area contributed by atoms with E-state index in [0.717, 1.165) is 0 Å². The number of hydrogen-bond acceptors (Lipinski definition) is 4. The maximum absolute atomic E-state index is 13.3. The van der Waals surface area contributed by atoms with Crippen molar-refractivity contribution in [3.05, 3.63) is 100 Å². The van der Waals surface area contributed by atoms with Crippen LogP contribution in [0.1, 0.15) is 26.3 Å². The molecule has 0 amide bonds. The van der Waals surface area contributed by atoms with Gasteiger partial charge in [0.1, 0.15) is 17.3 Å². The highest BCUT2D eigenvalue weighted by atomic mass is 35.5. The van der Waals surface area contributed by atoms with Gasteiger partial charge < -0.3 is 9.47 Å². The summed E-state index contributed by atoms with van der Waals surface area (Å²) in [5, 5.41) is 0.278. The molecule has 0 saturated heterocycles. The maximum atomic E-state index is 13.3. The molecule has 3 aromatic carbocycles. The summed E-state index contributed by atoms with van der Waals surface area (Å²) < 4.78 is 24.2. The van der Waals surface area contributed by atoms with E-state index < -0.39 is 11.8 Å². The first kappa shape index (κ1) is 17.9. The van der Waals surface area contributed by atoms with E-state index in [4.69, 9.17) is 21.1 Å². The van der Waals surface area contributed by atoms with Crippen LogP contribution < -0.4 is 9.47 Å². The van der Waals surface area contributed by atoms with Crippen molar-refractivity contribution >= 4 is 29.4 Å². The molecule has 1 heterocycles. The van der Waals surface area contributed by atoms with Crippen molar-refractivity contribution in [2.75, 3.05) is 0 Å². The Morgan fingerprint density at radius 3 is 2.64 bits per heavy atom. The summed E-state index contributed by atoms with van der Waals surface area (Å²) in [6.07, 6.45) is 1.46. The first-order chi connectivity index (χ1) is 13.5. The molecule has 0 unspecified atom stereocenters. The molecule has 28 heavy (non-hydrogen) atoms. The standard InChI is InChI=1S/C22H12ClFO4/c23-18-7-2-1-6-16(18)22(26)27-15-8-9-17-19(12-15)28-20(21(17)25)11-13-4-3-5-14(24)10-13/h1-12H/b20-11+. The molecule has 0 aromatic heterocycles. The first-order valence-electron chi connectivity index (χ1n) is 8.32. The van der Waals surface area contributed by atoms with E-state index in [-0.39, 0.29) is 33.6 Å². The number of Topliss-reactive ketones (excluding diaryl/α,β-unsaturated/α-hetero) is 1. The lowest BCUT2D eigenvalue weighted by Crippen LogP contribution is -2.09. The summed E-state index contributed by atoms with van der Waals surface area (Å²) in [6.45, 7) is 0. The number of allylic oxidation sites excluding steroid dienone is 1. The number of halogens is 2. The number of fused-ring (bicyclic) bond motifs is 1. The number of rotatable bonds is 3. The van der Waals surface area contributed by atoms with Crippen molar-refractivity contribution < 1.29 is 23.5 Å². The summed E-state index contributed by atoms with van der Waals surface area (Å²) in [6, 6.07) is 16.8. The van der Waals surface area contributed by atoms with Crippen LogP contribution in [0.3, 0.4) is 0 Å². The van der Waals surface area contributed by atoms with Crippen LogP contribution in [0.2, 0.25) is 5.02 Å². The lowest BCUT2D eigenvalue weighted by atomic mass is 10.1. The molecule has 0 fully saturated rings. The summed E-state index contributed by atoms with van der Waals surface area (Å²) in [5.74, 6) is -0.824. The number of esters is 1. The molecule has 0 aliphatic carbocycles. The number of hydrogen-bond donors (Lipinski definition) is 0. The van der Waals surface area contributed by atoms with Gasteiger partial charge in [0.15, 0.2) is 5.76 Å². The molecule has 3 aromatic rings. The van der Waals surface area contributed by atoms with E-state index in [1.165, 1.54) is 36.4 Å². The molecule has 4 rings (SSSR count). The van der Waals surface area contributed by atoms with E-state index >= 15 is 0 Å². The molecule has 0 radical (unpaired) electrons. The Kier molecular flexibility index (Phi) is 4.67. The van der Waals surface area contributed by atoms with Crippen molar-refractivity contribution in [1.29, 1.82) is 0 Å². The molecule has 138 valence electrons. The van der Waals surface area contributed by atoms with Crippen LogP contribution in [0.15, 0.2) is 72.5 Å². The van der Waals surface area contributed by atoms with Gasteiger partial charge in [-0.3, -0.25) is 4.79 Å². The van der Waals surface area contributed by atoms with Gasteiger partial charge in [0.05, 0.1) is 16.1 Å². The molecule has 1 aliphatic rings. The fourth-order valence-electron chi connectivity index (χ4n) is 2.77. The fraction of sp³-hybridized carbons (Fsp3) is 0. The molecule has 0 saturated carbocycles. The summed E-state index contributed by atoms with van der Waals surface area (Å²) in [4.78, 5) is 24.7. The second-order valence-electron chi connectivity index (χ2n) is 6.02. The average Bonchev–Trinajstić information content (AvgIpc) is 2.97. The van der Waals surface area contributed by atoms with Gasteiger partial charge in [0.2, 0.25) is 5.78 Å². The lowest BCUT2D eigenvalue weighted by Gasteiger charge is -2.06. The number of carbonyl (C=O) groups is 2. The Labute approximate surface area is 164 Å². The van der Waals surface area contributed by atoms with E-state index in [0.29, 0.717) is 11.1 Å². The van der Waals surface area contributed by atoms with E-state index in [1.54, 1.807) is 36.4 Å². The molecule has 4 nitrogen and oxygen atoms in total. The minimum atomic E-state index is -0.620. The monoisotopic (exact) mass is 394 g/mol. The smallest absolute Gasteiger partial charge is 0.345 e. The van der Waals surface area contributed by atoms with Crippen molar-refractivity contribution in [1.82, 2.24) is 0 Å². The largest absolute Gasteiger partial charge is 0.452 e. The second-order valence-corrected chi connectivity index (χ2v) is 6.43. The van der Waals surface area contributed by atoms with E-state index in [9.17, 15) is 14.0 Å². The normalized spacial score (nSPS) is 13.9. The first-order valence-corrected chi connectivity index (χ1v) is 8.69. The molecular weight excluding hydrogens is 383 g/mol. The van der Waals surface area contributed by atoms with Crippen molar-refractivity contribution in [3.8, 4) is 11.5 Å². The zero-order valence-electron chi connectivity index (χ0n) is 14.3. The molecule has 0 atom stereocenters. The van der Waals surface area contributed by atoms with Gasteiger partial charge in [0.25, 0.3) is 0 Å². The number of benzene rings is 3. The predicted molar refractivity (Wildman–Crippen MR) is 102 cm³/mol. The van der Waals surface area contributed by atoms with Crippen LogP contribution in [0, 0.1) is 5.82 Å². The lowest BCUT2D eigenvalue weighted by molar-refractivity contribution is 0.0734. The minimum Gasteiger partial charge on any atom is -0.452 e. The van der Waals surface area contributed by atoms with Gasteiger partial charge in [-0.15, -0.1) is 0 Å². The van der Waals surface area contributed by atoms with Gasteiger partial charge in [-0.05, 0) is 48.0 Å². The van der Waals surface area contributed by atoms with Crippen molar-refractivity contribution in [3.63, 3.8) is 0 Å². The van der Waals surface area contributed by atoms with E-state index in [2.05, 4.69) is 0 Å². The fourth-order valence-corrected chi connectivity index (χ4v) is 2.98. The van der Waals surface area contributed by atoms with Crippen LogP contribution in [-0.4, -0.2) is 11.8 Å². The quantitative estimate of drug-likeness (QED) is 0.343. The molecule has 1 aliphatic heterocycles. The van der Waals surface area contributed by atoms with Gasteiger partial charge in [0, 0.05) is 6.07 Å². The number of carbonyl (C=O) groups excluding carboxylic acids is 2. The zero-order chi connectivity index (χ0) is 19.7. The highest BCUT2D eigenvalue weighted by molar-refractivity contribution is 6.33. The molecular formula is C22H12ClFO4. The predicted octanol–water partition coefficient (Wildman–Crippen LogP) is 5.31. The number of ketones is 1.